The summed E-state index contributed by atoms with van der Waals surface area (Å²) in [6.07, 6.45) is 0. The zero-order chi connectivity index (χ0) is 13.7. The van der Waals surface area contributed by atoms with E-state index in [1.54, 1.807) is 13.2 Å². The molecule has 1 N–H and O–H groups in total. The van der Waals surface area contributed by atoms with Crippen LogP contribution in [0.2, 0.25) is 0 Å². The van der Waals surface area contributed by atoms with Gasteiger partial charge in [0.05, 0.1) is 11.1 Å². The summed E-state index contributed by atoms with van der Waals surface area (Å²) < 4.78 is 18.9. The van der Waals surface area contributed by atoms with Crippen LogP contribution in [0, 0.1) is 5.82 Å². The molecule has 2 rings (SSSR count). The minimum absolute atomic E-state index is 0.263. The first kappa shape index (κ1) is 14.0. The molecule has 2 aromatic rings. The third-order valence-corrected chi connectivity index (χ3v) is 3.39. The number of nitrogens with one attached hydrogen (secondary N) is 1. The molecule has 0 spiro atoms. The molecule has 0 unspecified atom stereocenters. The summed E-state index contributed by atoms with van der Waals surface area (Å²) in [5, 5.41) is 3.19. The average molecular weight is 324 g/mol. The molecule has 0 aliphatic rings. The Morgan fingerprint density at radius 1 is 1.11 bits per heavy atom. The van der Waals surface area contributed by atoms with Crippen LogP contribution in [-0.2, 0) is 17.9 Å². The van der Waals surface area contributed by atoms with E-state index in [1.165, 1.54) is 6.07 Å². The topological polar surface area (TPSA) is 21.3 Å². The highest BCUT2D eigenvalue weighted by atomic mass is 79.9. The van der Waals surface area contributed by atoms with Gasteiger partial charge in [-0.25, -0.2) is 4.39 Å². The van der Waals surface area contributed by atoms with E-state index in [4.69, 9.17) is 4.74 Å². The molecule has 4 heteroatoms. The van der Waals surface area contributed by atoms with E-state index in [-0.39, 0.29) is 5.82 Å². The lowest BCUT2D eigenvalue weighted by molar-refractivity contribution is 0.185. The van der Waals surface area contributed by atoms with Crippen LogP contribution in [0.5, 0.6) is 0 Å². The SMILES string of the molecule is COCc1ccc(CNc2ccc(Br)c(F)c2)cc1. The molecular weight excluding hydrogens is 309 g/mol. The van der Waals surface area contributed by atoms with Crippen LogP contribution >= 0.6 is 15.9 Å². The van der Waals surface area contributed by atoms with Crippen LogP contribution in [-0.4, -0.2) is 7.11 Å². The Morgan fingerprint density at radius 3 is 2.42 bits per heavy atom. The number of halogens is 2. The van der Waals surface area contributed by atoms with Gasteiger partial charge in [-0.15, -0.1) is 0 Å². The third kappa shape index (κ3) is 4.04. The molecule has 0 saturated carbocycles. The van der Waals surface area contributed by atoms with E-state index in [0.29, 0.717) is 17.6 Å². The number of hydrogen-bond donors (Lipinski definition) is 1. The van der Waals surface area contributed by atoms with E-state index in [0.717, 1.165) is 16.8 Å². The van der Waals surface area contributed by atoms with E-state index in [1.807, 2.05) is 30.3 Å². The fraction of sp³-hybridized carbons (Fsp3) is 0.200. The Labute approximate surface area is 120 Å². The largest absolute Gasteiger partial charge is 0.381 e. The molecule has 0 aromatic heterocycles. The van der Waals surface area contributed by atoms with Crippen molar-refractivity contribution in [1.29, 1.82) is 0 Å². The van der Waals surface area contributed by atoms with E-state index >= 15 is 0 Å². The fourth-order valence-corrected chi connectivity index (χ4v) is 1.98. The number of anilines is 1. The van der Waals surface area contributed by atoms with Gasteiger partial charge in [-0.1, -0.05) is 24.3 Å². The van der Waals surface area contributed by atoms with Crippen molar-refractivity contribution >= 4 is 21.6 Å². The quantitative estimate of drug-likeness (QED) is 0.883. The van der Waals surface area contributed by atoms with Crippen molar-refractivity contribution in [3.8, 4) is 0 Å². The highest BCUT2D eigenvalue weighted by Gasteiger charge is 2.00. The molecule has 100 valence electrons. The van der Waals surface area contributed by atoms with Gasteiger partial charge in [-0.2, -0.15) is 0 Å². The average Bonchev–Trinajstić information content (AvgIpc) is 2.42. The smallest absolute Gasteiger partial charge is 0.139 e. The van der Waals surface area contributed by atoms with Crippen LogP contribution in [0.3, 0.4) is 0 Å². The Hall–Kier alpha value is -1.39. The maximum Gasteiger partial charge on any atom is 0.139 e. The lowest BCUT2D eigenvalue weighted by Crippen LogP contribution is -2.00. The van der Waals surface area contributed by atoms with Gasteiger partial charge in [-0.05, 0) is 45.3 Å². The number of rotatable bonds is 5. The van der Waals surface area contributed by atoms with Crippen molar-refractivity contribution in [2.24, 2.45) is 0 Å². The molecule has 0 saturated heterocycles. The molecule has 0 heterocycles. The predicted octanol–water partition coefficient (Wildman–Crippen LogP) is 4.35. The zero-order valence-electron chi connectivity index (χ0n) is 10.6. The van der Waals surface area contributed by atoms with Crippen molar-refractivity contribution in [2.75, 3.05) is 12.4 Å². The van der Waals surface area contributed by atoms with Crippen molar-refractivity contribution in [3.05, 3.63) is 63.9 Å². The maximum atomic E-state index is 13.3. The fourth-order valence-electron chi connectivity index (χ4n) is 1.73. The second-order valence-electron chi connectivity index (χ2n) is 4.23. The third-order valence-electron chi connectivity index (χ3n) is 2.75. The van der Waals surface area contributed by atoms with Crippen LogP contribution in [0.25, 0.3) is 0 Å². The molecule has 0 bridgehead atoms. The molecule has 0 aliphatic carbocycles. The normalized spacial score (nSPS) is 10.5. The minimum atomic E-state index is -0.263. The molecule has 19 heavy (non-hydrogen) atoms. The summed E-state index contributed by atoms with van der Waals surface area (Å²) in [5.41, 5.74) is 3.05. The highest BCUT2D eigenvalue weighted by Crippen LogP contribution is 2.19. The van der Waals surface area contributed by atoms with Crippen molar-refractivity contribution < 1.29 is 9.13 Å². The molecule has 0 radical (unpaired) electrons. The van der Waals surface area contributed by atoms with Crippen LogP contribution < -0.4 is 5.32 Å². The number of benzene rings is 2. The summed E-state index contributed by atoms with van der Waals surface area (Å²) in [6.45, 7) is 1.28. The number of methoxy groups -OCH3 is 1. The first-order valence-electron chi connectivity index (χ1n) is 5.94. The second kappa shape index (κ2) is 6.68. The van der Waals surface area contributed by atoms with Crippen molar-refractivity contribution in [3.63, 3.8) is 0 Å². The van der Waals surface area contributed by atoms with Crippen molar-refractivity contribution in [2.45, 2.75) is 13.2 Å². The van der Waals surface area contributed by atoms with Gasteiger partial charge in [0.1, 0.15) is 5.82 Å². The Morgan fingerprint density at radius 2 is 1.79 bits per heavy atom. The number of hydrogen-bond acceptors (Lipinski definition) is 2. The van der Waals surface area contributed by atoms with Gasteiger partial charge in [0.25, 0.3) is 0 Å². The van der Waals surface area contributed by atoms with Gasteiger partial charge in [0.2, 0.25) is 0 Å². The number of ether oxygens (including phenoxy) is 1. The molecule has 0 fully saturated rings. The molecular formula is C15H15BrFNO. The first-order chi connectivity index (χ1) is 9.19. The Kier molecular flexibility index (Phi) is 4.93. The summed E-state index contributed by atoms with van der Waals surface area (Å²) >= 11 is 3.13. The minimum Gasteiger partial charge on any atom is -0.381 e. The lowest BCUT2D eigenvalue weighted by atomic mass is 10.1. The van der Waals surface area contributed by atoms with Gasteiger partial charge in [-0.3, -0.25) is 0 Å². The van der Waals surface area contributed by atoms with E-state index in [2.05, 4.69) is 21.2 Å². The predicted molar refractivity (Wildman–Crippen MR) is 78.6 cm³/mol. The first-order valence-corrected chi connectivity index (χ1v) is 6.74. The molecule has 0 atom stereocenters. The lowest BCUT2D eigenvalue weighted by Gasteiger charge is -2.08. The molecule has 2 nitrogen and oxygen atoms in total. The summed E-state index contributed by atoms with van der Waals surface area (Å²) in [6, 6.07) is 13.1. The molecule has 2 aromatic carbocycles. The van der Waals surface area contributed by atoms with E-state index in [9.17, 15) is 4.39 Å². The van der Waals surface area contributed by atoms with E-state index < -0.39 is 0 Å². The van der Waals surface area contributed by atoms with Gasteiger partial charge in [0.15, 0.2) is 0 Å². The maximum absolute atomic E-state index is 13.3. The van der Waals surface area contributed by atoms with Gasteiger partial charge >= 0.3 is 0 Å². The monoisotopic (exact) mass is 323 g/mol. The van der Waals surface area contributed by atoms with Crippen LogP contribution in [0.15, 0.2) is 46.9 Å². The van der Waals surface area contributed by atoms with Crippen LogP contribution in [0.1, 0.15) is 11.1 Å². The summed E-state index contributed by atoms with van der Waals surface area (Å²) in [4.78, 5) is 0. The standard InChI is InChI=1S/C15H15BrFNO/c1-19-10-12-4-2-11(3-5-12)9-18-13-6-7-14(16)15(17)8-13/h2-8,18H,9-10H2,1H3. The zero-order valence-corrected chi connectivity index (χ0v) is 12.2. The summed E-state index contributed by atoms with van der Waals surface area (Å²) in [5.74, 6) is -0.263. The van der Waals surface area contributed by atoms with Crippen molar-refractivity contribution in [1.82, 2.24) is 0 Å². The Balaban J connectivity index is 1.96. The van der Waals surface area contributed by atoms with Crippen LogP contribution in [0.4, 0.5) is 10.1 Å². The molecule has 0 amide bonds. The van der Waals surface area contributed by atoms with Gasteiger partial charge < -0.3 is 10.1 Å². The molecule has 0 aliphatic heterocycles. The Bertz CT molecular complexity index is 542. The van der Waals surface area contributed by atoms with Gasteiger partial charge in [0, 0.05) is 19.3 Å². The highest BCUT2D eigenvalue weighted by molar-refractivity contribution is 9.10. The second-order valence-corrected chi connectivity index (χ2v) is 5.09. The summed E-state index contributed by atoms with van der Waals surface area (Å²) in [7, 11) is 1.68.